The van der Waals surface area contributed by atoms with Crippen LogP contribution in [-0.2, 0) is 17.6 Å². The Hall–Kier alpha value is -3.42. The van der Waals surface area contributed by atoms with E-state index in [0.717, 1.165) is 66.7 Å². The fourth-order valence-electron chi connectivity index (χ4n) is 4.35. The van der Waals surface area contributed by atoms with Gasteiger partial charge < -0.3 is 11.1 Å². The second kappa shape index (κ2) is 10.3. The number of anilines is 1. The highest BCUT2D eigenvalue weighted by molar-refractivity contribution is 8.16. The standard InChI is InChI=1S/C29H28N4OS2/c1-4-18-12-10-13-19(5-2)25(18)33-27(34)26-24(30)23(28-32-21-15-8-9-16-22(21)35-28)29(36-26)31-20-14-7-6-11-17(20)3/h6-16,26H,4-5,30H2,1-3H3,(H,33,34)/t26-/m1/s1. The maximum Gasteiger partial charge on any atom is 0.243 e. The SMILES string of the molecule is CCc1cccc(CC)c1NC(=O)[C@@H]1SC(=Nc2ccccc2C)C(c2nc3ccccc3s2)=C1N. The number of nitrogens with one attached hydrogen (secondary N) is 1. The summed E-state index contributed by atoms with van der Waals surface area (Å²) in [6.07, 6.45) is 1.67. The van der Waals surface area contributed by atoms with Gasteiger partial charge in [-0.25, -0.2) is 9.98 Å². The molecule has 0 saturated heterocycles. The predicted molar refractivity (Wildman–Crippen MR) is 154 cm³/mol. The van der Waals surface area contributed by atoms with Crippen LogP contribution in [0.5, 0.6) is 0 Å². The van der Waals surface area contributed by atoms with E-state index in [4.69, 9.17) is 15.7 Å². The molecule has 5 rings (SSSR count). The molecule has 2 heterocycles. The maximum atomic E-state index is 13.7. The number of hydrogen-bond acceptors (Lipinski definition) is 6. The van der Waals surface area contributed by atoms with Gasteiger partial charge in [0.2, 0.25) is 5.91 Å². The average Bonchev–Trinajstić information content (AvgIpc) is 3.45. The van der Waals surface area contributed by atoms with Crippen LogP contribution in [0.1, 0.15) is 35.5 Å². The number of fused-ring (bicyclic) bond motifs is 1. The number of thioether (sulfide) groups is 1. The van der Waals surface area contributed by atoms with Crippen LogP contribution in [-0.4, -0.2) is 21.2 Å². The second-order valence-electron chi connectivity index (χ2n) is 8.67. The lowest BCUT2D eigenvalue weighted by Gasteiger charge is -2.17. The van der Waals surface area contributed by atoms with Crippen molar-refractivity contribution >= 4 is 61.2 Å². The first-order valence-corrected chi connectivity index (χ1v) is 13.8. The third-order valence-corrected chi connectivity index (χ3v) is 8.62. The third kappa shape index (κ3) is 4.56. The highest BCUT2D eigenvalue weighted by Crippen LogP contribution is 2.42. The first-order valence-electron chi connectivity index (χ1n) is 12.1. The Morgan fingerprint density at radius 2 is 1.69 bits per heavy atom. The Kier molecular flexibility index (Phi) is 6.94. The summed E-state index contributed by atoms with van der Waals surface area (Å²) < 4.78 is 1.07. The van der Waals surface area contributed by atoms with E-state index >= 15 is 0 Å². The fraction of sp³-hybridized carbons (Fsp3) is 0.207. The number of aliphatic imine (C=N–C) groups is 1. The van der Waals surface area contributed by atoms with E-state index in [2.05, 4.69) is 31.3 Å². The van der Waals surface area contributed by atoms with Crippen molar-refractivity contribution in [1.29, 1.82) is 0 Å². The molecule has 0 radical (unpaired) electrons. The van der Waals surface area contributed by atoms with Crippen LogP contribution in [0.25, 0.3) is 15.8 Å². The van der Waals surface area contributed by atoms with Crippen molar-refractivity contribution < 1.29 is 4.79 Å². The first-order chi connectivity index (χ1) is 17.5. The Balaban J connectivity index is 1.58. The van der Waals surface area contributed by atoms with Crippen LogP contribution in [0.3, 0.4) is 0 Å². The highest BCUT2D eigenvalue weighted by Gasteiger charge is 2.37. The highest BCUT2D eigenvalue weighted by atomic mass is 32.2. The summed E-state index contributed by atoms with van der Waals surface area (Å²) in [5.74, 6) is -0.137. The Morgan fingerprint density at radius 3 is 2.39 bits per heavy atom. The lowest BCUT2D eigenvalue weighted by Crippen LogP contribution is -2.29. The number of hydrogen-bond donors (Lipinski definition) is 2. The van der Waals surface area contributed by atoms with Crippen LogP contribution in [0, 0.1) is 6.92 Å². The van der Waals surface area contributed by atoms with Gasteiger partial charge in [-0.1, -0.05) is 74.1 Å². The topological polar surface area (TPSA) is 80.4 Å². The molecule has 7 heteroatoms. The lowest BCUT2D eigenvalue weighted by atomic mass is 10.0. The van der Waals surface area contributed by atoms with Crippen LogP contribution in [0.4, 0.5) is 11.4 Å². The molecule has 182 valence electrons. The van der Waals surface area contributed by atoms with E-state index < -0.39 is 5.25 Å². The molecule has 3 aromatic carbocycles. The van der Waals surface area contributed by atoms with E-state index in [1.165, 1.54) is 11.8 Å². The van der Waals surface area contributed by atoms with Crippen LogP contribution >= 0.6 is 23.1 Å². The van der Waals surface area contributed by atoms with Crippen molar-refractivity contribution in [2.45, 2.75) is 38.9 Å². The Morgan fingerprint density at radius 1 is 1.00 bits per heavy atom. The molecule has 0 saturated carbocycles. The number of carbonyl (C=O) groups is 1. The quantitative estimate of drug-likeness (QED) is 0.295. The zero-order valence-electron chi connectivity index (χ0n) is 20.5. The van der Waals surface area contributed by atoms with Gasteiger partial charge in [-0.2, -0.15) is 0 Å². The third-order valence-electron chi connectivity index (χ3n) is 6.34. The summed E-state index contributed by atoms with van der Waals surface area (Å²) in [5, 5.41) is 4.12. The Labute approximate surface area is 219 Å². The Bertz CT molecular complexity index is 1460. The van der Waals surface area contributed by atoms with Crippen molar-refractivity contribution in [3.8, 4) is 0 Å². The normalized spacial score (nSPS) is 16.8. The predicted octanol–water partition coefficient (Wildman–Crippen LogP) is 6.88. The summed E-state index contributed by atoms with van der Waals surface area (Å²) in [5.41, 5.74) is 14.0. The zero-order valence-corrected chi connectivity index (χ0v) is 22.2. The maximum absolute atomic E-state index is 13.7. The number of nitrogens with two attached hydrogens (primary N) is 1. The average molecular weight is 513 g/mol. The number of rotatable bonds is 6. The van der Waals surface area contributed by atoms with E-state index in [1.54, 1.807) is 11.3 Å². The molecule has 1 amide bonds. The van der Waals surface area contributed by atoms with Crippen molar-refractivity contribution in [2.24, 2.45) is 10.7 Å². The summed E-state index contributed by atoms with van der Waals surface area (Å²) in [6.45, 7) is 6.23. The molecule has 4 aromatic rings. The summed E-state index contributed by atoms with van der Waals surface area (Å²) >= 11 is 2.97. The number of benzene rings is 3. The van der Waals surface area contributed by atoms with Crippen molar-refractivity contribution in [3.63, 3.8) is 0 Å². The molecule has 0 aliphatic carbocycles. The number of carbonyl (C=O) groups excluding carboxylic acids is 1. The van der Waals surface area contributed by atoms with E-state index in [9.17, 15) is 4.79 Å². The van der Waals surface area contributed by atoms with Crippen LogP contribution in [0.2, 0.25) is 0 Å². The molecular formula is C29H28N4OS2. The molecule has 0 bridgehead atoms. The van der Waals surface area contributed by atoms with Gasteiger partial charge in [0.05, 0.1) is 21.5 Å². The molecule has 5 nitrogen and oxygen atoms in total. The van der Waals surface area contributed by atoms with Crippen molar-refractivity contribution in [1.82, 2.24) is 4.98 Å². The van der Waals surface area contributed by atoms with E-state index in [0.29, 0.717) is 5.70 Å². The minimum absolute atomic E-state index is 0.137. The van der Waals surface area contributed by atoms with Crippen LogP contribution in [0.15, 0.2) is 77.4 Å². The van der Waals surface area contributed by atoms with Gasteiger partial charge in [-0.05, 0) is 54.7 Å². The van der Waals surface area contributed by atoms with E-state index in [-0.39, 0.29) is 5.91 Å². The summed E-state index contributed by atoms with van der Waals surface area (Å²) in [6, 6.07) is 22.2. The number of nitrogens with zero attached hydrogens (tertiary/aromatic N) is 2. The molecule has 0 spiro atoms. The molecule has 1 aliphatic heterocycles. The van der Waals surface area contributed by atoms with Crippen molar-refractivity contribution in [2.75, 3.05) is 5.32 Å². The molecule has 36 heavy (non-hydrogen) atoms. The molecule has 1 aliphatic rings. The minimum atomic E-state index is -0.593. The number of thiazole rings is 1. The smallest absolute Gasteiger partial charge is 0.243 e. The van der Waals surface area contributed by atoms with Gasteiger partial charge in [-0.3, -0.25) is 4.79 Å². The lowest BCUT2D eigenvalue weighted by molar-refractivity contribution is -0.115. The molecule has 0 unspecified atom stereocenters. The largest absolute Gasteiger partial charge is 0.400 e. The van der Waals surface area contributed by atoms with Gasteiger partial charge in [0.25, 0.3) is 0 Å². The monoisotopic (exact) mass is 512 g/mol. The van der Waals surface area contributed by atoms with Gasteiger partial charge in [0.15, 0.2) is 0 Å². The molecule has 3 N–H and O–H groups in total. The van der Waals surface area contributed by atoms with Gasteiger partial charge in [-0.15, -0.1) is 11.3 Å². The molecule has 1 aromatic heterocycles. The molecular weight excluding hydrogens is 484 g/mol. The minimum Gasteiger partial charge on any atom is -0.400 e. The van der Waals surface area contributed by atoms with Gasteiger partial charge in [0.1, 0.15) is 15.3 Å². The summed E-state index contributed by atoms with van der Waals surface area (Å²) in [7, 11) is 0. The van der Waals surface area contributed by atoms with Crippen molar-refractivity contribution in [3.05, 3.63) is 94.1 Å². The number of aryl methyl sites for hydroxylation is 3. The number of aromatic nitrogens is 1. The summed E-state index contributed by atoms with van der Waals surface area (Å²) in [4.78, 5) is 23.5. The van der Waals surface area contributed by atoms with Crippen LogP contribution < -0.4 is 11.1 Å². The number of para-hydroxylation sites is 3. The molecule has 1 atom stereocenters. The zero-order chi connectivity index (χ0) is 25.2. The second-order valence-corrected chi connectivity index (χ2v) is 10.8. The van der Waals surface area contributed by atoms with Gasteiger partial charge >= 0.3 is 0 Å². The first kappa shape index (κ1) is 24.3. The van der Waals surface area contributed by atoms with E-state index in [1.807, 2.05) is 61.5 Å². The van der Waals surface area contributed by atoms with Gasteiger partial charge in [0, 0.05) is 11.4 Å². The fourth-order valence-corrected chi connectivity index (χ4v) is 6.57. The number of amides is 1. The molecule has 0 fully saturated rings.